The molecule has 20 heavy (non-hydrogen) atoms. The Labute approximate surface area is 126 Å². The highest BCUT2D eigenvalue weighted by Gasteiger charge is 2.02. The van der Waals surface area contributed by atoms with Crippen LogP contribution in [-0.4, -0.2) is 11.8 Å². The van der Waals surface area contributed by atoms with Gasteiger partial charge in [0.1, 0.15) is 0 Å². The van der Waals surface area contributed by atoms with Crippen molar-refractivity contribution in [2.45, 2.75) is 0 Å². The zero-order valence-electron chi connectivity index (χ0n) is 10.3. The van der Waals surface area contributed by atoms with Crippen molar-refractivity contribution < 1.29 is 9.59 Å². The quantitative estimate of drug-likeness (QED) is 0.893. The minimum absolute atomic E-state index is 0.365. The molecule has 2 aromatic rings. The summed E-state index contributed by atoms with van der Waals surface area (Å²) in [6.07, 6.45) is 0. The average molecular weight is 311 g/mol. The van der Waals surface area contributed by atoms with E-state index < -0.39 is 11.8 Å². The average Bonchev–Trinajstić information content (AvgIpc) is 2.39. The Balaban J connectivity index is 0.000000200. The predicted molar refractivity (Wildman–Crippen MR) is 79.9 cm³/mol. The molecule has 0 unspecified atom stereocenters. The van der Waals surface area contributed by atoms with Crippen molar-refractivity contribution in [3.8, 4) is 0 Å². The molecular weight excluding hydrogens is 299 g/mol. The van der Waals surface area contributed by atoms with Gasteiger partial charge in [-0.15, -0.1) is 0 Å². The molecule has 2 aromatic carbocycles. The first-order valence-electron chi connectivity index (χ1n) is 5.51. The fourth-order valence-electron chi connectivity index (χ4n) is 1.30. The second kappa shape index (κ2) is 7.53. The summed E-state index contributed by atoms with van der Waals surface area (Å²) in [5, 5.41) is 0.923. The number of hydrogen-bond acceptors (Lipinski definition) is 2. The number of halogens is 2. The Bertz CT molecular complexity index is 630. The summed E-state index contributed by atoms with van der Waals surface area (Å²) in [5.41, 5.74) is 10.8. The Morgan fingerprint density at radius 1 is 0.850 bits per heavy atom. The van der Waals surface area contributed by atoms with E-state index in [1.807, 2.05) is 0 Å². The summed E-state index contributed by atoms with van der Waals surface area (Å²) < 4.78 is 0. The van der Waals surface area contributed by atoms with Crippen LogP contribution in [0.3, 0.4) is 0 Å². The van der Waals surface area contributed by atoms with Gasteiger partial charge in [-0.05, 0) is 30.3 Å². The highest BCUT2D eigenvalue weighted by atomic mass is 35.5. The minimum Gasteiger partial charge on any atom is -0.366 e. The highest BCUT2D eigenvalue weighted by Crippen LogP contribution is 2.13. The molecule has 0 radical (unpaired) electrons. The second-order valence-corrected chi connectivity index (χ2v) is 4.56. The summed E-state index contributed by atoms with van der Waals surface area (Å²) in [6.45, 7) is 0. The number of carbonyl (C=O) groups excluding carboxylic acids is 2. The molecule has 4 nitrogen and oxygen atoms in total. The van der Waals surface area contributed by atoms with Crippen LogP contribution in [0.25, 0.3) is 0 Å². The Morgan fingerprint density at radius 2 is 1.50 bits per heavy atom. The number of nitrogens with two attached hydrogens (primary N) is 2. The predicted octanol–water partition coefficient (Wildman–Crippen LogP) is 2.88. The molecule has 4 N–H and O–H groups in total. The van der Waals surface area contributed by atoms with Crippen LogP contribution >= 0.6 is 23.2 Å². The monoisotopic (exact) mass is 310 g/mol. The van der Waals surface area contributed by atoms with Crippen molar-refractivity contribution in [1.82, 2.24) is 0 Å². The van der Waals surface area contributed by atoms with Crippen LogP contribution in [-0.2, 0) is 0 Å². The van der Waals surface area contributed by atoms with Crippen LogP contribution in [0.4, 0.5) is 0 Å². The van der Waals surface area contributed by atoms with Crippen molar-refractivity contribution in [3.63, 3.8) is 0 Å². The molecule has 0 aliphatic carbocycles. The lowest BCUT2D eigenvalue weighted by atomic mass is 10.2. The third-order valence-electron chi connectivity index (χ3n) is 2.25. The van der Waals surface area contributed by atoms with E-state index in [2.05, 4.69) is 0 Å². The number of primary amides is 2. The highest BCUT2D eigenvalue weighted by molar-refractivity contribution is 6.33. The van der Waals surface area contributed by atoms with Crippen LogP contribution in [0.1, 0.15) is 20.7 Å². The third-order valence-corrected chi connectivity index (χ3v) is 2.81. The molecule has 0 aliphatic rings. The van der Waals surface area contributed by atoms with Crippen LogP contribution in [0.15, 0.2) is 48.5 Å². The molecule has 0 spiro atoms. The van der Waals surface area contributed by atoms with Gasteiger partial charge in [0.25, 0.3) is 0 Å². The zero-order valence-corrected chi connectivity index (χ0v) is 11.9. The van der Waals surface area contributed by atoms with Gasteiger partial charge in [0, 0.05) is 10.6 Å². The lowest BCUT2D eigenvalue weighted by molar-refractivity contribution is 0.0992. The van der Waals surface area contributed by atoms with Crippen molar-refractivity contribution in [2.24, 2.45) is 11.5 Å². The van der Waals surface area contributed by atoms with Crippen molar-refractivity contribution in [2.75, 3.05) is 0 Å². The molecule has 0 aliphatic heterocycles. The maximum Gasteiger partial charge on any atom is 0.250 e. The third kappa shape index (κ3) is 4.91. The van der Waals surface area contributed by atoms with Gasteiger partial charge >= 0.3 is 0 Å². The van der Waals surface area contributed by atoms with E-state index in [0.29, 0.717) is 21.2 Å². The molecule has 104 valence electrons. The van der Waals surface area contributed by atoms with Crippen LogP contribution in [0.2, 0.25) is 10.0 Å². The number of hydrogen-bond donors (Lipinski definition) is 2. The fraction of sp³-hybridized carbons (Fsp3) is 0. The molecule has 6 heteroatoms. The molecule has 0 saturated heterocycles. The molecule has 2 amide bonds. The van der Waals surface area contributed by atoms with E-state index in [0.717, 1.165) is 0 Å². The smallest absolute Gasteiger partial charge is 0.250 e. The summed E-state index contributed by atoms with van der Waals surface area (Å²) in [4.78, 5) is 21.1. The molecule has 0 saturated carbocycles. The van der Waals surface area contributed by atoms with Crippen molar-refractivity contribution >= 4 is 35.0 Å². The minimum atomic E-state index is -0.495. The summed E-state index contributed by atoms with van der Waals surface area (Å²) in [5.74, 6) is -0.951. The first-order chi connectivity index (χ1) is 9.41. The number of amides is 2. The number of benzene rings is 2. The standard InChI is InChI=1S/2C7H6ClNO/c8-6-3-1-2-5(4-6)7(9)10;8-6-4-2-1-3-5(6)7(9)10/h2*1-4H,(H2,9,10). The number of rotatable bonds is 2. The SMILES string of the molecule is NC(=O)c1cccc(Cl)c1.NC(=O)c1ccccc1Cl. The normalized spacial score (nSPS) is 9.30. The molecule has 0 bridgehead atoms. The van der Waals surface area contributed by atoms with Gasteiger partial charge < -0.3 is 11.5 Å². The molecule has 2 rings (SSSR count). The van der Waals surface area contributed by atoms with E-state index in [-0.39, 0.29) is 0 Å². The topological polar surface area (TPSA) is 86.2 Å². The first-order valence-corrected chi connectivity index (χ1v) is 6.27. The molecule has 0 atom stereocenters. The first kappa shape index (κ1) is 16.0. The lowest BCUT2D eigenvalue weighted by Gasteiger charge is -1.95. The van der Waals surface area contributed by atoms with Crippen molar-refractivity contribution in [3.05, 3.63) is 69.7 Å². The van der Waals surface area contributed by atoms with Crippen LogP contribution < -0.4 is 11.5 Å². The maximum absolute atomic E-state index is 10.6. The van der Waals surface area contributed by atoms with Gasteiger partial charge in [0.15, 0.2) is 0 Å². The lowest BCUT2D eigenvalue weighted by Crippen LogP contribution is -2.10. The van der Waals surface area contributed by atoms with E-state index >= 15 is 0 Å². The van der Waals surface area contributed by atoms with E-state index in [1.54, 1.807) is 42.5 Å². The second-order valence-electron chi connectivity index (χ2n) is 3.72. The Kier molecular flexibility index (Phi) is 6.03. The summed E-state index contributed by atoms with van der Waals surface area (Å²) in [7, 11) is 0. The van der Waals surface area contributed by atoms with Gasteiger partial charge in [-0.2, -0.15) is 0 Å². The van der Waals surface area contributed by atoms with Crippen molar-refractivity contribution in [1.29, 1.82) is 0 Å². The van der Waals surface area contributed by atoms with E-state index in [4.69, 9.17) is 34.7 Å². The van der Waals surface area contributed by atoms with Gasteiger partial charge in [0.2, 0.25) is 11.8 Å². The molecule has 0 fully saturated rings. The largest absolute Gasteiger partial charge is 0.366 e. The van der Waals surface area contributed by atoms with Gasteiger partial charge in [-0.1, -0.05) is 41.4 Å². The van der Waals surface area contributed by atoms with Crippen LogP contribution in [0.5, 0.6) is 0 Å². The van der Waals surface area contributed by atoms with Gasteiger partial charge in [-0.25, -0.2) is 0 Å². The zero-order chi connectivity index (χ0) is 15.1. The molecule has 0 heterocycles. The molecule has 0 aromatic heterocycles. The number of carbonyl (C=O) groups is 2. The summed E-state index contributed by atoms with van der Waals surface area (Å²) in [6, 6.07) is 13.2. The fourth-order valence-corrected chi connectivity index (χ4v) is 1.72. The Morgan fingerprint density at radius 3 is 1.90 bits per heavy atom. The van der Waals surface area contributed by atoms with Crippen LogP contribution in [0, 0.1) is 0 Å². The van der Waals surface area contributed by atoms with E-state index in [1.165, 1.54) is 6.07 Å². The Hall–Kier alpha value is -2.04. The molecular formula is C14H12Cl2N2O2. The van der Waals surface area contributed by atoms with Gasteiger partial charge in [-0.3, -0.25) is 9.59 Å². The van der Waals surface area contributed by atoms with Gasteiger partial charge in [0.05, 0.1) is 10.6 Å². The summed E-state index contributed by atoms with van der Waals surface area (Å²) >= 11 is 11.2. The van der Waals surface area contributed by atoms with E-state index in [9.17, 15) is 9.59 Å². The maximum atomic E-state index is 10.6.